The molecule has 0 radical (unpaired) electrons. The molecule has 2 heterocycles. The van der Waals surface area contributed by atoms with E-state index in [1.807, 2.05) is 73.5 Å². The lowest BCUT2D eigenvalue weighted by molar-refractivity contribution is 0.688. The Morgan fingerprint density at radius 1 is 1.08 bits per heavy atom. The van der Waals surface area contributed by atoms with E-state index in [1.165, 1.54) is 0 Å². The molecule has 0 saturated carbocycles. The highest BCUT2D eigenvalue weighted by Crippen LogP contribution is 2.29. The largest absolute Gasteiger partial charge is 0.285 e. The first kappa shape index (κ1) is 14.5. The van der Waals surface area contributed by atoms with Crippen LogP contribution in [0.15, 0.2) is 59.4 Å². The molecule has 4 rings (SSSR count). The molecule has 0 amide bonds. The summed E-state index contributed by atoms with van der Waals surface area (Å²) in [6.45, 7) is 4.62. The van der Waals surface area contributed by atoms with Crippen LogP contribution in [0.1, 0.15) is 18.3 Å². The Hall–Kier alpha value is -3.06. The van der Waals surface area contributed by atoms with Gasteiger partial charge in [0, 0.05) is 5.56 Å². The third-order valence-corrected chi connectivity index (χ3v) is 4.33. The van der Waals surface area contributed by atoms with Crippen LogP contribution in [0.25, 0.3) is 10.9 Å². The van der Waals surface area contributed by atoms with Crippen LogP contribution in [0, 0.1) is 18.8 Å². The van der Waals surface area contributed by atoms with Gasteiger partial charge in [-0.1, -0.05) is 42.2 Å². The van der Waals surface area contributed by atoms with E-state index in [-0.39, 0.29) is 11.1 Å². The molecule has 4 heteroatoms. The van der Waals surface area contributed by atoms with Gasteiger partial charge in [-0.3, -0.25) is 9.80 Å². The van der Waals surface area contributed by atoms with Gasteiger partial charge in [-0.2, -0.15) is 0 Å². The predicted molar refractivity (Wildman–Crippen MR) is 95.5 cm³/mol. The van der Waals surface area contributed by atoms with Crippen LogP contribution >= 0.6 is 0 Å². The second-order valence-electron chi connectivity index (χ2n) is 6.24. The van der Waals surface area contributed by atoms with E-state index < -0.39 is 0 Å². The maximum absolute atomic E-state index is 12.8. The Kier molecular flexibility index (Phi) is 3.17. The lowest BCUT2D eigenvalue weighted by atomic mass is 10.1. The second-order valence-corrected chi connectivity index (χ2v) is 6.24. The van der Waals surface area contributed by atoms with Crippen LogP contribution < -0.4 is 10.6 Å². The van der Waals surface area contributed by atoms with Crippen molar-refractivity contribution in [3.05, 3.63) is 76.3 Å². The molecule has 0 bridgehead atoms. The first-order valence-electron chi connectivity index (χ1n) is 7.93. The summed E-state index contributed by atoms with van der Waals surface area (Å²) in [5.41, 5.74) is 1.33. The first-order valence-corrected chi connectivity index (χ1v) is 7.93. The summed E-state index contributed by atoms with van der Waals surface area (Å²) < 4.78 is 1.65. The monoisotopic (exact) mass is 315 g/mol. The van der Waals surface area contributed by atoms with Gasteiger partial charge in [0.05, 0.1) is 17.4 Å². The Morgan fingerprint density at radius 3 is 2.58 bits per heavy atom. The number of benzene rings is 2. The van der Waals surface area contributed by atoms with Crippen LogP contribution in [-0.2, 0) is 0 Å². The van der Waals surface area contributed by atoms with Crippen molar-refractivity contribution >= 4 is 10.9 Å². The quantitative estimate of drug-likeness (QED) is 0.511. The third kappa shape index (κ3) is 2.35. The molecule has 2 aromatic carbocycles. The molecule has 0 N–H and O–H groups in total. The third-order valence-electron chi connectivity index (χ3n) is 4.33. The molecular formula is C20H17N3O. The first-order chi connectivity index (χ1) is 11.6. The van der Waals surface area contributed by atoms with Crippen molar-refractivity contribution < 1.29 is 0 Å². The number of hydrogen-bond donors (Lipinski definition) is 0. The lowest BCUT2D eigenvalue weighted by Gasteiger charge is -2.14. The number of aromatic nitrogens is 2. The molecule has 0 spiro atoms. The fraction of sp³-hybridized carbons (Fsp3) is 0.200. The van der Waals surface area contributed by atoms with Crippen LogP contribution in [-0.4, -0.2) is 21.7 Å². The second kappa shape index (κ2) is 5.24. The zero-order valence-corrected chi connectivity index (χ0v) is 13.7. The van der Waals surface area contributed by atoms with Crippen molar-refractivity contribution in [3.8, 4) is 11.8 Å². The topological polar surface area (TPSA) is 37.9 Å². The van der Waals surface area contributed by atoms with Gasteiger partial charge < -0.3 is 0 Å². The lowest BCUT2D eigenvalue weighted by Crippen LogP contribution is -2.35. The van der Waals surface area contributed by atoms with Crippen LogP contribution in [0.3, 0.4) is 0 Å². The minimum Gasteiger partial charge on any atom is -0.285 e. The van der Waals surface area contributed by atoms with Gasteiger partial charge in [-0.05, 0) is 38.1 Å². The highest BCUT2D eigenvalue weighted by molar-refractivity contribution is 5.77. The number of aryl methyl sites for hydroxylation is 1. The summed E-state index contributed by atoms with van der Waals surface area (Å²) in [7, 11) is 0. The molecule has 0 aliphatic carbocycles. The average molecular weight is 315 g/mol. The van der Waals surface area contributed by atoms with Crippen molar-refractivity contribution in [1.29, 1.82) is 0 Å². The van der Waals surface area contributed by atoms with Crippen molar-refractivity contribution in [2.24, 2.45) is 0 Å². The number of para-hydroxylation sites is 1. The van der Waals surface area contributed by atoms with Crippen molar-refractivity contribution in [1.82, 2.24) is 9.66 Å². The van der Waals surface area contributed by atoms with E-state index in [1.54, 1.807) is 4.68 Å². The molecule has 1 fully saturated rings. The summed E-state index contributed by atoms with van der Waals surface area (Å²) in [4.78, 5) is 17.4. The van der Waals surface area contributed by atoms with E-state index in [2.05, 4.69) is 16.8 Å². The molecule has 1 atom stereocenters. The molecule has 1 aliphatic rings. The van der Waals surface area contributed by atoms with Gasteiger partial charge in [0.25, 0.3) is 5.56 Å². The summed E-state index contributed by atoms with van der Waals surface area (Å²) in [6.07, 6.45) is 0. The van der Waals surface area contributed by atoms with Gasteiger partial charge in [0.2, 0.25) is 0 Å². The highest BCUT2D eigenvalue weighted by Gasteiger charge is 2.48. The van der Waals surface area contributed by atoms with Gasteiger partial charge in [-0.25, -0.2) is 9.66 Å². The van der Waals surface area contributed by atoms with Crippen LogP contribution in [0.2, 0.25) is 0 Å². The molecule has 4 nitrogen and oxygen atoms in total. The Bertz CT molecular complexity index is 1040. The van der Waals surface area contributed by atoms with E-state index in [4.69, 9.17) is 0 Å². The summed E-state index contributed by atoms with van der Waals surface area (Å²) in [5, 5.41) is 2.61. The van der Waals surface area contributed by atoms with Gasteiger partial charge >= 0.3 is 0 Å². The van der Waals surface area contributed by atoms with E-state index >= 15 is 0 Å². The maximum Gasteiger partial charge on any atom is 0.280 e. The maximum atomic E-state index is 12.8. The molecule has 1 aromatic heterocycles. The molecule has 3 aromatic rings. The SMILES string of the molecule is Cc1nc2ccccc2c(=O)n1N1C[C@]1(C)C#Cc1ccccc1. The smallest absolute Gasteiger partial charge is 0.280 e. The van der Waals surface area contributed by atoms with E-state index in [0.29, 0.717) is 17.8 Å². The van der Waals surface area contributed by atoms with E-state index in [9.17, 15) is 4.79 Å². The standard InChI is InChI=1S/C20H17N3O/c1-15-21-18-11-7-6-10-17(18)19(24)23(15)22-14-20(22,2)13-12-16-8-4-3-5-9-16/h3-11H,14H2,1-2H3/t20-,22?/m0/s1. The van der Waals surface area contributed by atoms with E-state index in [0.717, 1.165) is 11.1 Å². The molecule has 118 valence electrons. The fourth-order valence-corrected chi connectivity index (χ4v) is 2.90. The zero-order chi connectivity index (χ0) is 16.7. The summed E-state index contributed by atoms with van der Waals surface area (Å²) in [6, 6.07) is 17.3. The molecule has 1 saturated heterocycles. The molecule has 1 aliphatic heterocycles. The Morgan fingerprint density at radius 2 is 1.79 bits per heavy atom. The predicted octanol–water partition coefficient (Wildman–Crippen LogP) is 2.47. The minimum atomic E-state index is -0.339. The van der Waals surface area contributed by atoms with Crippen molar-refractivity contribution in [3.63, 3.8) is 0 Å². The fourth-order valence-electron chi connectivity index (χ4n) is 2.90. The summed E-state index contributed by atoms with van der Waals surface area (Å²) >= 11 is 0. The zero-order valence-electron chi connectivity index (χ0n) is 13.7. The minimum absolute atomic E-state index is 0.0386. The Labute approximate surface area is 140 Å². The number of fused-ring (bicyclic) bond motifs is 1. The van der Waals surface area contributed by atoms with Crippen LogP contribution in [0.5, 0.6) is 0 Å². The van der Waals surface area contributed by atoms with Gasteiger partial charge in [0.1, 0.15) is 11.4 Å². The average Bonchev–Trinajstić information content (AvgIpc) is 3.25. The Balaban J connectivity index is 1.73. The van der Waals surface area contributed by atoms with Crippen LogP contribution in [0.4, 0.5) is 0 Å². The summed E-state index contributed by atoms with van der Waals surface area (Å²) in [5.74, 6) is 7.17. The van der Waals surface area contributed by atoms with Gasteiger partial charge in [-0.15, -0.1) is 0 Å². The molecular weight excluding hydrogens is 298 g/mol. The number of nitrogens with zero attached hydrogens (tertiary/aromatic N) is 3. The van der Waals surface area contributed by atoms with Gasteiger partial charge in [0.15, 0.2) is 0 Å². The van der Waals surface area contributed by atoms with Crippen molar-refractivity contribution in [2.45, 2.75) is 19.4 Å². The number of hydrogen-bond acceptors (Lipinski definition) is 3. The highest BCUT2D eigenvalue weighted by atomic mass is 16.1. The molecule has 0 unspecified atom stereocenters. The normalized spacial score (nSPS) is 19.0. The number of rotatable bonds is 1. The molecule has 24 heavy (non-hydrogen) atoms. The van der Waals surface area contributed by atoms with Crippen molar-refractivity contribution in [2.75, 3.05) is 11.6 Å².